The van der Waals surface area contributed by atoms with Gasteiger partial charge in [0.05, 0.1) is 22.3 Å². The van der Waals surface area contributed by atoms with E-state index < -0.39 is 0 Å². The Morgan fingerprint density at radius 1 is 1.35 bits per heavy atom. The lowest BCUT2D eigenvalue weighted by Gasteiger charge is -2.20. The van der Waals surface area contributed by atoms with Crippen LogP contribution in [-0.4, -0.2) is 7.05 Å². The molecule has 0 bridgehead atoms. The van der Waals surface area contributed by atoms with Crippen molar-refractivity contribution in [3.8, 4) is 0 Å². The normalized spacial score (nSPS) is 10.5. The van der Waals surface area contributed by atoms with Gasteiger partial charge >= 0.3 is 0 Å². The van der Waals surface area contributed by atoms with Crippen molar-refractivity contribution in [2.75, 3.05) is 17.7 Å². The topological polar surface area (TPSA) is 29.3 Å². The molecular weight excluding hydrogens is 320 g/mol. The van der Waals surface area contributed by atoms with Crippen LogP contribution >= 0.6 is 38.9 Å². The summed E-state index contributed by atoms with van der Waals surface area (Å²) < 4.78 is 1.84. The van der Waals surface area contributed by atoms with Gasteiger partial charge in [0.1, 0.15) is 0 Å². The highest BCUT2D eigenvalue weighted by molar-refractivity contribution is 9.10. The predicted octanol–water partition coefficient (Wildman–Crippen LogP) is 4.38. The van der Waals surface area contributed by atoms with E-state index in [0.717, 1.165) is 26.7 Å². The summed E-state index contributed by atoms with van der Waals surface area (Å²) in [6.07, 6.45) is 0. The molecule has 1 aromatic carbocycles. The second-order valence-electron chi connectivity index (χ2n) is 3.77. The maximum absolute atomic E-state index is 5.96. The zero-order chi connectivity index (χ0) is 12.4. The van der Waals surface area contributed by atoms with Gasteiger partial charge in [0, 0.05) is 16.4 Å². The highest BCUT2D eigenvalue weighted by Crippen LogP contribution is 2.29. The van der Waals surface area contributed by atoms with E-state index in [1.54, 1.807) is 11.3 Å². The number of benzene rings is 1. The van der Waals surface area contributed by atoms with Crippen LogP contribution in [-0.2, 0) is 6.54 Å². The van der Waals surface area contributed by atoms with E-state index in [4.69, 9.17) is 17.3 Å². The summed E-state index contributed by atoms with van der Waals surface area (Å²) in [4.78, 5) is 3.33. The fourth-order valence-electron chi connectivity index (χ4n) is 1.60. The zero-order valence-electron chi connectivity index (χ0n) is 9.28. The molecule has 0 radical (unpaired) electrons. The summed E-state index contributed by atoms with van der Waals surface area (Å²) in [5, 5.41) is 0. The molecule has 1 aromatic heterocycles. The molecule has 0 amide bonds. The maximum Gasteiger partial charge on any atom is 0.0931 e. The summed E-state index contributed by atoms with van der Waals surface area (Å²) in [5.74, 6) is 0. The molecule has 2 rings (SSSR count). The van der Waals surface area contributed by atoms with Crippen LogP contribution in [0.1, 0.15) is 4.88 Å². The molecule has 0 aliphatic carbocycles. The molecule has 0 fully saturated rings. The molecule has 2 N–H and O–H groups in total. The van der Waals surface area contributed by atoms with Gasteiger partial charge < -0.3 is 10.6 Å². The number of thiophene rings is 1. The Balaban J connectivity index is 2.19. The molecule has 0 aliphatic heterocycles. The van der Waals surface area contributed by atoms with Gasteiger partial charge in [-0.15, -0.1) is 11.3 Å². The molecule has 1 heterocycles. The summed E-state index contributed by atoms with van der Waals surface area (Å²) in [7, 11) is 2.02. The number of halogens is 2. The number of anilines is 2. The van der Waals surface area contributed by atoms with Crippen molar-refractivity contribution in [1.29, 1.82) is 0 Å². The van der Waals surface area contributed by atoms with E-state index in [9.17, 15) is 0 Å². The van der Waals surface area contributed by atoms with Gasteiger partial charge in [-0.2, -0.15) is 0 Å². The van der Waals surface area contributed by atoms with Crippen molar-refractivity contribution < 1.29 is 0 Å². The lowest BCUT2D eigenvalue weighted by Crippen LogP contribution is -2.17. The molecule has 0 spiro atoms. The fourth-order valence-corrected chi connectivity index (χ4v) is 3.09. The van der Waals surface area contributed by atoms with Gasteiger partial charge in [0.2, 0.25) is 0 Å². The molecule has 2 nitrogen and oxygen atoms in total. The van der Waals surface area contributed by atoms with E-state index >= 15 is 0 Å². The van der Waals surface area contributed by atoms with Crippen molar-refractivity contribution in [1.82, 2.24) is 0 Å². The maximum atomic E-state index is 5.96. The second-order valence-corrected chi connectivity index (χ2v) is 6.48. The Hall–Kier alpha value is -0.710. The quantitative estimate of drug-likeness (QED) is 0.846. The number of nitrogens with two attached hydrogens (primary N) is 1. The zero-order valence-corrected chi connectivity index (χ0v) is 12.4. The first-order chi connectivity index (χ1) is 8.06. The highest BCUT2D eigenvalue weighted by Gasteiger charge is 2.08. The Kier molecular flexibility index (Phi) is 3.97. The van der Waals surface area contributed by atoms with E-state index in [0.29, 0.717) is 0 Å². The lowest BCUT2D eigenvalue weighted by molar-refractivity contribution is 0.941. The van der Waals surface area contributed by atoms with E-state index in [1.807, 2.05) is 37.4 Å². The van der Waals surface area contributed by atoms with Gasteiger partial charge in [-0.05, 0) is 30.3 Å². The first kappa shape index (κ1) is 12.7. The highest BCUT2D eigenvalue weighted by atomic mass is 79.9. The van der Waals surface area contributed by atoms with Crippen molar-refractivity contribution in [3.05, 3.63) is 44.0 Å². The van der Waals surface area contributed by atoms with Crippen molar-refractivity contribution in [3.63, 3.8) is 0 Å². The van der Waals surface area contributed by atoms with Gasteiger partial charge in [-0.3, -0.25) is 0 Å². The summed E-state index contributed by atoms with van der Waals surface area (Å²) in [5.41, 5.74) is 7.76. The Labute approximate surface area is 118 Å². The first-order valence-corrected chi connectivity index (χ1v) is 7.05. The number of hydrogen-bond donors (Lipinski definition) is 1. The minimum Gasteiger partial charge on any atom is -0.397 e. The minimum absolute atomic E-state index is 0.776. The summed E-state index contributed by atoms with van der Waals surface area (Å²) in [6.45, 7) is 0.804. The Morgan fingerprint density at radius 2 is 2.12 bits per heavy atom. The smallest absolute Gasteiger partial charge is 0.0931 e. The third-order valence-corrected chi connectivity index (χ3v) is 4.13. The van der Waals surface area contributed by atoms with E-state index in [1.165, 1.54) is 4.88 Å². The number of hydrogen-bond acceptors (Lipinski definition) is 3. The Morgan fingerprint density at radius 3 is 2.76 bits per heavy atom. The van der Waals surface area contributed by atoms with E-state index in [2.05, 4.69) is 20.8 Å². The molecular formula is C12H12BrClN2S. The van der Waals surface area contributed by atoms with Crippen LogP contribution in [0.4, 0.5) is 11.4 Å². The third-order valence-electron chi connectivity index (χ3n) is 2.43. The molecule has 0 atom stereocenters. The van der Waals surface area contributed by atoms with Crippen LogP contribution < -0.4 is 10.6 Å². The van der Waals surface area contributed by atoms with Crippen molar-refractivity contribution in [2.24, 2.45) is 0 Å². The summed E-state index contributed by atoms with van der Waals surface area (Å²) >= 11 is 11.0. The summed E-state index contributed by atoms with van der Waals surface area (Å²) in [6, 6.07) is 9.81. The first-order valence-electron chi connectivity index (χ1n) is 5.06. The van der Waals surface area contributed by atoms with Gasteiger partial charge in [-0.25, -0.2) is 0 Å². The average Bonchev–Trinajstić information content (AvgIpc) is 2.67. The molecule has 0 saturated carbocycles. The molecule has 17 heavy (non-hydrogen) atoms. The predicted molar refractivity (Wildman–Crippen MR) is 80.0 cm³/mol. The monoisotopic (exact) mass is 330 g/mol. The van der Waals surface area contributed by atoms with Gasteiger partial charge in [0.15, 0.2) is 0 Å². The van der Waals surface area contributed by atoms with Crippen LogP contribution in [0.15, 0.2) is 34.8 Å². The Bertz CT molecular complexity index is 527. The minimum atomic E-state index is 0.776. The lowest BCUT2D eigenvalue weighted by atomic mass is 10.2. The van der Waals surface area contributed by atoms with Gasteiger partial charge in [-0.1, -0.05) is 27.5 Å². The van der Waals surface area contributed by atoms with Crippen molar-refractivity contribution >= 4 is 50.2 Å². The molecule has 90 valence electrons. The number of nitrogen functional groups attached to an aromatic ring is 1. The van der Waals surface area contributed by atoms with Crippen LogP contribution in [0.5, 0.6) is 0 Å². The standard InChI is InChI=1S/C12H12BrClN2S/c1-16(7-9-3-5-12(14)17-9)11-6-8(13)2-4-10(11)15/h2-6H,7,15H2,1H3. The van der Waals surface area contributed by atoms with Crippen LogP contribution in [0.2, 0.25) is 4.34 Å². The molecule has 5 heteroatoms. The fraction of sp³-hybridized carbons (Fsp3) is 0.167. The SMILES string of the molecule is CN(Cc1ccc(Cl)s1)c1cc(Br)ccc1N. The molecule has 0 unspecified atom stereocenters. The molecule has 0 saturated heterocycles. The molecule has 0 aliphatic rings. The average molecular weight is 332 g/mol. The van der Waals surface area contributed by atoms with Crippen molar-refractivity contribution in [2.45, 2.75) is 6.54 Å². The second kappa shape index (κ2) is 5.29. The van der Waals surface area contributed by atoms with E-state index in [-0.39, 0.29) is 0 Å². The van der Waals surface area contributed by atoms with Crippen LogP contribution in [0.3, 0.4) is 0 Å². The number of rotatable bonds is 3. The van der Waals surface area contributed by atoms with Gasteiger partial charge in [0.25, 0.3) is 0 Å². The van der Waals surface area contributed by atoms with Crippen LogP contribution in [0.25, 0.3) is 0 Å². The third kappa shape index (κ3) is 3.15. The van der Waals surface area contributed by atoms with Crippen LogP contribution in [0, 0.1) is 0 Å². The largest absolute Gasteiger partial charge is 0.397 e. The number of nitrogens with zero attached hydrogens (tertiary/aromatic N) is 1. The molecule has 2 aromatic rings.